The minimum Gasteiger partial charge on any atom is -0.0843 e. The second-order valence-corrected chi connectivity index (χ2v) is 5.34. The maximum atomic E-state index is 5.34. The molecule has 2 aromatic carbocycles. The first kappa shape index (κ1) is 14.0. The maximum Gasteiger partial charge on any atom is 0.0221 e. The standard InChI is InChI=1S/C18H20S/c1-4-14-12-17(7-6-13(14)3)15-8-10-16(11-9-15)18(19)5-2/h6-12H,4-5H2,1-3H3. The lowest BCUT2D eigenvalue weighted by atomic mass is 9.97. The smallest absolute Gasteiger partial charge is 0.0221 e. The molecular formula is C18H20S. The third-order valence-corrected chi connectivity index (χ3v) is 4.12. The molecule has 2 aromatic rings. The summed E-state index contributed by atoms with van der Waals surface area (Å²) in [5.41, 5.74) is 6.51. The molecule has 0 aliphatic heterocycles. The molecule has 19 heavy (non-hydrogen) atoms. The van der Waals surface area contributed by atoms with E-state index in [2.05, 4.69) is 63.2 Å². The second-order valence-electron chi connectivity index (χ2n) is 4.85. The normalized spacial score (nSPS) is 10.5. The predicted octanol–water partition coefficient (Wildman–Crippen LogP) is 5.35. The summed E-state index contributed by atoms with van der Waals surface area (Å²) in [6.45, 7) is 6.48. The Balaban J connectivity index is 2.34. The van der Waals surface area contributed by atoms with Crippen molar-refractivity contribution in [1.82, 2.24) is 0 Å². The quantitative estimate of drug-likeness (QED) is 0.532. The summed E-state index contributed by atoms with van der Waals surface area (Å²) in [6, 6.07) is 15.3. The van der Waals surface area contributed by atoms with Crippen molar-refractivity contribution in [3.8, 4) is 11.1 Å². The van der Waals surface area contributed by atoms with Crippen molar-refractivity contribution < 1.29 is 0 Å². The van der Waals surface area contributed by atoms with Crippen molar-refractivity contribution in [2.24, 2.45) is 0 Å². The van der Waals surface area contributed by atoms with Gasteiger partial charge in [-0.15, -0.1) is 0 Å². The summed E-state index contributed by atoms with van der Waals surface area (Å²) in [5.74, 6) is 0. The Morgan fingerprint density at radius 1 is 0.947 bits per heavy atom. The van der Waals surface area contributed by atoms with Gasteiger partial charge in [0.05, 0.1) is 0 Å². The lowest BCUT2D eigenvalue weighted by Crippen LogP contribution is -1.94. The van der Waals surface area contributed by atoms with E-state index in [1.807, 2.05) is 0 Å². The highest BCUT2D eigenvalue weighted by Gasteiger charge is 2.03. The molecular weight excluding hydrogens is 248 g/mol. The molecule has 0 aromatic heterocycles. The van der Waals surface area contributed by atoms with Crippen LogP contribution >= 0.6 is 12.2 Å². The largest absolute Gasteiger partial charge is 0.0843 e. The number of benzene rings is 2. The van der Waals surface area contributed by atoms with E-state index in [4.69, 9.17) is 12.2 Å². The van der Waals surface area contributed by atoms with E-state index in [-0.39, 0.29) is 0 Å². The van der Waals surface area contributed by atoms with Gasteiger partial charge in [0.15, 0.2) is 0 Å². The van der Waals surface area contributed by atoms with Crippen LogP contribution in [0.3, 0.4) is 0 Å². The molecule has 0 aliphatic carbocycles. The van der Waals surface area contributed by atoms with E-state index >= 15 is 0 Å². The molecule has 0 saturated carbocycles. The first-order chi connectivity index (χ1) is 9.15. The Kier molecular flexibility index (Phi) is 4.49. The van der Waals surface area contributed by atoms with E-state index < -0.39 is 0 Å². The zero-order valence-electron chi connectivity index (χ0n) is 11.9. The molecule has 0 unspecified atom stereocenters. The lowest BCUT2D eigenvalue weighted by Gasteiger charge is -2.08. The maximum absolute atomic E-state index is 5.34. The molecule has 1 heteroatoms. The molecule has 2 rings (SSSR count). The average Bonchev–Trinajstić information content (AvgIpc) is 2.47. The van der Waals surface area contributed by atoms with Crippen LogP contribution in [0.2, 0.25) is 0 Å². The Morgan fingerprint density at radius 3 is 2.16 bits per heavy atom. The zero-order valence-corrected chi connectivity index (χ0v) is 12.7. The molecule has 0 amide bonds. The molecule has 0 radical (unpaired) electrons. The van der Waals surface area contributed by atoms with Crippen LogP contribution in [0.1, 0.15) is 37.0 Å². The minimum absolute atomic E-state index is 0.930. The third kappa shape index (κ3) is 3.10. The third-order valence-electron chi connectivity index (χ3n) is 3.59. The predicted molar refractivity (Wildman–Crippen MR) is 88.0 cm³/mol. The van der Waals surface area contributed by atoms with Crippen LogP contribution in [0.5, 0.6) is 0 Å². The van der Waals surface area contributed by atoms with Gasteiger partial charge in [-0.05, 0) is 47.6 Å². The van der Waals surface area contributed by atoms with E-state index in [0.29, 0.717) is 0 Å². The van der Waals surface area contributed by atoms with Gasteiger partial charge in [0.2, 0.25) is 0 Å². The first-order valence-corrected chi connectivity index (χ1v) is 7.29. The van der Waals surface area contributed by atoms with E-state index in [1.54, 1.807) is 0 Å². The molecule has 98 valence electrons. The Morgan fingerprint density at radius 2 is 1.58 bits per heavy atom. The van der Waals surface area contributed by atoms with Crippen LogP contribution in [0.25, 0.3) is 11.1 Å². The van der Waals surface area contributed by atoms with Gasteiger partial charge in [-0.1, -0.05) is 68.5 Å². The second kappa shape index (κ2) is 6.12. The highest BCUT2D eigenvalue weighted by atomic mass is 32.1. The Labute approximate surface area is 121 Å². The van der Waals surface area contributed by atoms with E-state index in [1.165, 1.54) is 27.8 Å². The van der Waals surface area contributed by atoms with E-state index in [0.717, 1.165) is 17.7 Å². The van der Waals surface area contributed by atoms with Crippen LogP contribution in [0.4, 0.5) is 0 Å². The fraction of sp³-hybridized carbons (Fsp3) is 0.278. The van der Waals surface area contributed by atoms with Gasteiger partial charge in [0, 0.05) is 4.86 Å². The first-order valence-electron chi connectivity index (χ1n) is 6.88. The van der Waals surface area contributed by atoms with Crippen LogP contribution in [0.15, 0.2) is 42.5 Å². The van der Waals surface area contributed by atoms with Crippen LogP contribution < -0.4 is 0 Å². The molecule has 0 bridgehead atoms. The highest BCUT2D eigenvalue weighted by Crippen LogP contribution is 2.23. The summed E-state index contributed by atoms with van der Waals surface area (Å²) in [6.07, 6.45) is 2.01. The van der Waals surface area contributed by atoms with Gasteiger partial charge in [-0.3, -0.25) is 0 Å². The lowest BCUT2D eigenvalue weighted by molar-refractivity contribution is 1.11. The summed E-state index contributed by atoms with van der Waals surface area (Å²) in [5, 5.41) is 0. The number of aryl methyl sites for hydroxylation is 2. The van der Waals surface area contributed by atoms with Crippen LogP contribution in [-0.2, 0) is 6.42 Å². The van der Waals surface area contributed by atoms with Crippen LogP contribution in [0, 0.1) is 6.92 Å². The van der Waals surface area contributed by atoms with Gasteiger partial charge in [-0.2, -0.15) is 0 Å². The van der Waals surface area contributed by atoms with Crippen molar-refractivity contribution in [2.45, 2.75) is 33.6 Å². The van der Waals surface area contributed by atoms with Gasteiger partial charge in [-0.25, -0.2) is 0 Å². The van der Waals surface area contributed by atoms with Crippen LogP contribution in [-0.4, -0.2) is 4.86 Å². The summed E-state index contributed by atoms with van der Waals surface area (Å²) >= 11 is 5.34. The Bertz CT molecular complexity index is 579. The fourth-order valence-corrected chi connectivity index (χ4v) is 2.42. The molecule has 0 heterocycles. The zero-order chi connectivity index (χ0) is 13.8. The highest BCUT2D eigenvalue weighted by molar-refractivity contribution is 7.80. The molecule has 0 N–H and O–H groups in total. The van der Waals surface area contributed by atoms with Gasteiger partial charge < -0.3 is 0 Å². The molecule has 0 nitrogen and oxygen atoms in total. The molecule has 0 atom stereocenters. The summed E-state index contributed by atoms with van der Waals surface area (Å²) < 4.78 is 0. The van der Waals surface area contributed by atoms with Crippen molar-refractivity contribution in [3.05, 3.63) is 59.2 Å². The summed E-state index contributed by atoms with van der Waals surface area (Å²) in [4.78, 5) is 1.03. The molecule has 0 fully saturated rings. The minimum atomic E-state index is 0.930. The SMILES string of the molecule is CCC(=S)c1ccc(-c2ccc(C)c(CC)c2)cc1. The number of hydrogen-bond donors (Lipinski definition) is 0. The Hall–Kier alpha value is -1.47. The average molecular weight is 268 g/mol. The van der Waals surface area contributed by atoms with Crippen molar-refractivity contribution >= 4 is 17.1 Å². The molecule has 0 aliphatic rings. The topological polar surface area (TPSA) is 0 Å². The fourth-order valence-electron chi connectivity index (χ4n) is 2.28. The van der Waals surface area contributed by atoms with E-state index in [9.17, 15) is 0 Å². The molecule has 0 spiro atoms. The van der Waals surface area contributed by atoms with Gasteiger partial charge in [0.25, 0.3) is 0 Å². The van der Waals surface area contributed by atoms with Gasteiger partial charge >= 0.3 is 0 Å². The number of rotatable bonds is 4. The molecule has 0 saturated heterocycles. The van der Waals surface area contributed by atoms with Crippen molar-refractivity contribution in [1.29, 1.82) is 0 Å². The van der Waals surface area contributed by atoms with Crippen molar-refractivity contribution in [2.75, 3.05) is 0 Å². The van der Waals surface area contributed by atoms with Gasteiger partial charge in [0.1, 0.15) is 0 Å². The number of thiocarbonyl (C=S) groups is 1. The van der Waals surface area contributed by atoms with Crippen molar-refractivity contribution in [3.63, 3.8) is 0 Å². The number of hydrogen-bond acceptors (Lipinski definition) is 1. The summed E-state index contributed by atoms with van der Waals surface area (Å²) in [7, 11) is 0. The monoisotopic (exact) mass is 268 g/mol.